The van der Waals surface area contributed by atoms with Crippen LogP contribution in [0, 0.1) is 20.2 Å². The van der Waals surface area contributed by atoms with Crippen LogP contribution in [0.5, 0.6) is 0 Å². The number of unbranched alkanes of at least 4 members (excludes halogenated alkanes) is 1. The fraction of sp³-hybridized carbons (Fsp3) is 0.278. The Kier molecular flexibility index (Phi) is 7.55. The van der Waals surface area contributed by atoms with Crippen molar-refractivity contribution in [2.45, 2.75) is 31.6 Å². The maximum absolute atomic E-state index is 12.2. The van der Waals surface area contributed by atoms with Crippen molar-refractivity contribution in [3.63, 3.8) is 0 Å². The van der Waals surface area contributed by atoms with Crippen LogP contribution in [0.4, 0.5) is 17.1 Å². The first-order chi connectivity index (χ1) is 14.2. The van der Waals surface area contributed by atoms with Crippen molar-refractivity contribution in [1.29, 1.82) is 0 Å². The molecule has 12 heteroatoms. The minimum absolute atomic E-state index is 0.00993. The molecule has 0 atom stereocenters. The molecule has 0 fully saturated rings. The van der Waals surface area contributed by atoms with E-state index in [4.69, 9.17) is 0 Å². The van der Waals surface area contributed by atoms with Gasteiger partial charge in [0.05, 0.1) is 26.5 Å². The smallest absolute Gasteiger partial charge is 0.271 e. The van der Waals surface area contributed by atoms with Crippen LogP contribution in [0.15, 0.2) is 52.5 Å². The maximum atomic E-state index is 12.2. The lowest BCUT2D eigenvalue weighted by molar-refractivity contribution is -0.393. The van der Waals surface area contributed by atoms with Crippen molar-refractivity contribution >= 4 is 32.8 Å². The lowest BCUT2D eigenvalue weighted by Gasteiger charge is -2.08. The summed E-state index contributed by atoms with van der Waals surface area (Å²) in [6, 6.07) is 9.20. The molecule has 2 N–H and O–H groups in total. The lowest BCUT2D eigenvalue weighted by Crippen LogP contribution is -2.24. The molecule has 11 nitrogen and oxygen atoms in total. The second-order valence-electron chi connectivity index (χ2n) is 6.30. The Morgan fingerprint density at radius 3 is 2.30 bits per heavy atom. The van der Waals surface area contributed by atoms with Crippen LogP contribution < -0.4 is 10.1 Å². The average Bonchev–Trinajstić information content (AvgIpc) is 2.71. The van der Waals surface area contributed by atoms with Gasteiger partial charge in [-0.05, 0) is 37.1 Å². The molecule has 0 aliphatic rings. The van der Waals surface area contributed by atoms with E-state index in [0.717, 1.165) is 25.0 Å². The number of benzene rings is 2. The van der Waals surface area contributed by atoms with E-state index in [2.05, 4.69) is 15.2 Å². The van der Waals surface area contributed by atoms with E-state index in [1.165, 1.54) is 18.2 Å². The van der Waals surface area contributed by atoms with Crippen LogP contribution in [0.2, 0.25) is 0 Å². The minimum atomic E-state index is -3.59. The molecule has 0 saturated carbocycles. The van der Waals surface area contributed by atoms with Crippen molar-refractivity contribution in [2.75, 3.05) is 12.0 Å². The molecule has 0 saturated heterocycles. The number of nitro benzene ring substituents is 2. The topological polar surface area (TPSA) is 157 Å². The molecule has 160 valence electrons. The molecular weight excluding hydrogens is 414 g/mol. The predicted octanol–water partition coefficient (Wildman–Crippen LogP) is 3.42. The van der Waals surface area contributed by atoms with Gasteiger partial charge in [-0.2, -0.15) is 5.10 Å². The molecule has 2 aromatic rings. The highest BCUT2D eigenvalue weighted by Crippen LogP contribution is 2.29. The van der Waals surface area contributed by atoms with Crippen molar-refractivity contribution in [2.24, 2.45) is 5.10 Å². The molecule has 0 heterocycles. The third kappa shape index (κ3) is 5.81. The number of hydrogen-bond donors (Lipinski definition) is 2. The fourth-order valence-electron chi connectivity index (χ4n) is 2.43. The largest absolute Gasteiger partial charge is 0.301 e. The summed E-state index contributed by atoms with van der Waals surface area (Å²) in [7, 11) is -3.59. The van der Waals surface area contributed by atoms with Crippen LogP contribution >= 0.6 is 0 Å². The Balaban J connectivity index is 2.18. The van der Waals surface area contributed by atoms with Gasteiger partial charge in [-0.25, -0.2) is 13.1 Å². The van der Waals surface area contributed by atoms with Crippen LogP contribution in [0.3, 0.4) is 0 Å². The number of sulfonamides is 1. The Bertz CT molecular complexity index is 1070. The van der Waals surface area contributed by atoms with Crippen LogP contribution in [0.25, 0.3) is 0 Å². The van der Waals surface area contributed by atoms with Crippen LogP contribution in [-0.4, -0.2) is 30.5 Å². The van der Waals surface area contributed by atoms with Gasteiger partial charge in [0.15, 0.2) is 0 Å². The van der Waals surface area contributed by atoms with Gasteiger partial charge in [0.1, 0.15) is 5.69 Å². The van der Waals surface area contributed by atoms with Crippen molar-refractivity contribution in [1.82, 2.24) is 4.72 Å². The Hall–Kier alpha value is -3.38. The second kappa shape index (κ2) is 9.89. The van der Waals surface area contributed by atoms with E-state index in [9.17, 15) is 28.6 Å². The zero-order chi connectivity index (χ0) is 22.3. The van der Waals surface area contributed by atoms with Gasteiger partial charge in [0.2, 0.25) is 10.0 Å². The summed E-state index contributed by atoms with van der Waals surface area (Å²) in [5, 5.41) is 26.0. The zero-order valence-corrected chi connectivity index (χ0v) is 17.2. The van der Waals surface area contributed by atoms with Gasteiger partial charge >= 0.3 is 5.69 Å². The van der Waals surface area contributed by atoms with E-state index in [-0.39, 0.29) is 10.6 Å². The molecule has 0 unspecified atom stereocenters. The molecule has 0 amide bonds. The Morgan fingerprint density at radius 1 is 1.07 bits per heavy atom. The number of nitrogens with zero attached hydrogens (tertiary/aromatic N) is 3. The quantitative estimate of drug-likeness (QED) is 0.250. The van der Waals surface area contributed by atoms with Gasteiger partial charge in [-0.1, -0.05) is 25.5 Å². The fourth-order valence-corrected chi connectivity index (χ4v) is 3.50. The number of nitrogens with one attached hydrogen (secondary N) is 2. The molecule has 0 aliphatic heterocycles. The number of hydrogen-bond acceptors (Lipinski definition) is 8. The predicted molar refractivity (Wildman–Crippen MR) is 112 cm³/mol. The number of hydrazone groups is 1. The van der Waals surface area contributed by atoms with Gasteiger partial charge < -0.3 is 0 Å². The Morgan fingerprint density at radius 2 is 1.73 bits per heavy atom. The summed E-state index contributed by atoms with van der Waals surface area (Å²) in [5.41, 5.74) is 2.66. The van der Waals surface area contributed by atoms with Crippen molar-refractivity contribution in [3.8, 4) is 0 Å². The molecular formula is C18H21N5O6S. The van der Waals surface area contributed by atoms with Crippen LogP contribution in [-0.2, 0) is 10.0 Å². The number of non-ortho nitro benzene ring substituents is 1. The Labute approximate surface area is 173 Å². The minimum Gasteiger partial charge on any atom is -0.271 e. The van der Waals surface area contributed by atoms with Gasteiger partial charge in [-0.15, -0.1) is 0 Å². The van der Waals surface area contributed by atoms with Gasteiger partial charge in [0.25, 0.3) is 5.69 Å². The third-order valence-electron chi connectivity index (χ3n) is 4.14. The standard InChI is InChI=1S/C18H21N5O6S/c1-3-4-11-19-30(28,29)16-8-5-14(6-9-16)13(2)20-21-17-10-7-15(22(24)25)12-18(17)23(26)27/h5-10,12,19,21H,3-4,11H2,1-2H3/b20-13+. The highest BCUT2D eigenvalue weighted by molar-refractivity contribution is 7.89. The molecule has 30 heavy (non-hydrogen) atoms. The SMILES string of the molecule is CCCCNS(=O)(=O)c1ccc(/C(C)=N/Nc2ccc([N+](=O)[O-])cc2[N+](=O)[O-])cc1. The molecule has 0 radical (unpaired) electrons. The lowest BCUT2D eigenvalue weighted by atomic mass is 10.1. The first kappa shape index (κ1) is 22.9. The average molecular weight is 435 g/mol. The number of anilines is 1. The summed E-state index contributed by atoms with van der Waals surface area (Å²) in [5.74, 6) is 0. The molecule has 2 aromatic carbocycles. The molecule has 0 bridgehead atoms. The summed E-state index contributed by atoms with van der Waals surface area (Å²) in [4.78, 5) is 20.6. The van der Waals surface area contributed by atoms with E-state index in [1.807, 2.05) is 6.92 Å². The van der Waals surface area contributed by atoms with Gasteiger partial charge in [0, 0.05) is 12.6 Å². The first-order valence-corrected chi connectivity index (χ1v) is 10.5. The summed E-state index contributed by atoms with van der Waals surface area (Å²) in [6.45, 7) is 3.96. The molecule has 0 aliphatic carbocycles. The molecule has 0 spiro atoms. The molecule has 2 rings (SSSR count). The van der Waals surface area contributed by atoms with Gasteiger partial charge in [-0.3, -0.25) is 25.7 Å². The maximum Gasteiger partial charge on any atom is 0.301 e. The van der Waals surface area contributed by atoms with E-state index in [0.29, 0.717) is 17.8 Å². The summed E-state index contributed by atoms with van der Waals surface area (Å²) >= 11 is 0. The van der Waals surface area contributed by atoms with E-state index >= 15 is 0 Å². The highest BCUT2D eigenvalue weighted by Gasteiger charge is 2.19. The van der Waals surface area contributed by atoms with E-state index in [1.54, 1.807) is 19.1 Å². The van der Waals surface area contributed by atoms with E-state index < -0.39 is 31.2 Å². The normalized spacial score (nSPS) is 11.9. The van der Waals surface area contributed by atoms with Crippen molar-refractivity contribution < 1.29 is 18.3 Å². The monoisotopic (exact) mass is 435 g/mol. The summed E-state index contributed by atoms with van der Waals surface area (Å²) < 4.78 is 26.9. The molecule has 0 aromatic heterocycles. The summed E-state index contributed by atoms with van der Waals surface area (Å²) in [6.07, 6.45) is 1.61. The number of rotatable bonds is 10. The van der Waals surface area contributed by atoms with Crippen molar-refractivity contribution in [3.05, 3.63) is 68.3 Å². The second-order valence-corrected chi connectivity index (χ2v) is 8.07. The zero-order valence-electron chi connectivity index (χ0n) is 16.4. The highest BCUT2D eigenvalue weighted by atomic mass is 32.2. The third-order valence-corrected chi connectivity index (χ3v) is 5.61. The number of nitro groups is 2. The first-order valence-electron chi connectivity index (χ1n) is 8.99. The van der Waals surface area contributed by atoms with Crippen LogP contribution in [0.1, 0.15) is 32.3 Å².